The normalized spacial score (nSPS) is 12.0. The van der Waals surface area contributed by atoms with E-state index in [2.05, 4.69) is 126 Å². The molecule has 0 N–H and O–H groups in total. The maximum Gasteiger partial charge on any atom is 0.0972 e. The standard InChI is InChI=1S/C38H22N2/c1-4-12-30-26(9-1)27-10-2-6-14-32(27)36-33-22-25(17-19-29(33)28-11-3-5-13-31(28)35(30)36)34-20-18-24-16-15-23-8-7-21-39-37(23)38(24)40-34/h1-22H. The predicted molar refractivity (Wildman–Crippen MR) is 170 cm³/mol. The smallest absolute Gasteiger partial charge is 0.0972 e. The molecular formula is C38H22N2. The van der Waals surface area contributed by atoms with Crippen molar-refractivity contribution in [3.05, 3.63) is 134 Å². The van der Waals surface area contributed by atoms with Crippen LogP contribution in [-0.2, 0) is 0 Å². The molecule has 0 bridgehead atoms. The first-order chi connectivity index (χ1) is 19.8. The highest BCUT2D eigenvalue weighted by molar-refractivity contribution is 6.39. The van der Waals surface area contributed by atoms with Crippen LogP contribution in [-0.4, -0.2) is 9.97 Å². The first-order valence-electron chi connectivity index (χ1n) is 13.7. The van der Waals surface area contributed by atoms with Gasteiger partial charge in [-0.3, -0.25) is 4.98 Å². The molecule has 2 heterocycles. The van der Waals surface area contributed by atoms with Crippen LogP contribution in [0.3, 0.4) is 0 Å². The summed E-state index contributed by atoms with van der Waals surface area (Å²) in [4.78, 5) is 9.84. The lowest BCUT2D eigenvalue weighted by Crippen LogP contribution is -1.91. The van der Waals surface area contributed by atoms with Crippen LogP contribution in [0.4, 0.5) is 0 Å². The highest BCUT2D eigenvalue weighted by atomic mass is 14.7. The van der Waals surface area contributed by atoms with Crippen molar-refractivity contribution in [2.24, 2.45) is 0 Å². The molecule has 0 aliphatic heterocycles. The van der Waals surface area contributed by atoms with Crippen molar-refractivity contribution in [3.63, 3.8) is 0 Å². The molecule has 9 aromatic rings. The van der Waals surface area contributed by atoms with E-state index < -0.39 is 0 Å². The molecule has 9 rings (SSSR count). The molecule has 2 aromatic heterocycles. The zero-order valence-corrected chi connectivity index (χ0v) is 21.6. The summed E-state index contributed by atoms with van der Waals surface area (Å²) in [5, 5.41) is 15.1. The van der Waals surface area contributed by atoms with Crippen LogP contribution in [0.15, 0.2) is 134 Å². The van der Waals surface area contributed by atoms with E-state index in [1.165, 1.54) is 53.9 Å². The van der Waals surface area contributed by atoms with E-state index in [4.69, 9.17) is 4.98 Å². The largest absolute Gasteiger partial charge is 0.254 e. The predicted octanol–water partition coefficient (Wildman–Crippen LogP) is 10.2. The molecule has 0 aliphatic rings. The second kappa shape index (κ2) is 8.08. The Labute approximate surface area is 230 Å². The van der Waals surface area contributed by atoms with Crippen LogP contribution in [0.2, 0.25) is 0 Å². The van der Waals surface area contributed by atoms with Gasteiger partial charge >= 0.3 is 0 Å². The van der Waals surface area contributed by atoms with E-state index in [0.29, 0.717) is 0 Å². The van der Waals surface area contributed by atoms with E-state index in [1.54, 1.807) is 0 Å². The molecule has 40 heavy (non-hydrogen) atoms. The van der Waals surface area contributed by atoms with Gasteiger partial charge in [0.05, 0.1) is 16.7 Å². The Hall–Kier alpha value is -5.34. The number of rotatable bonds is 1. The second-order valence-electron chi connectivity index (χ2n) is 10.6. The highest BCUT2D eigenvalue weighted by Crippen LogP contribution is 2.44. The number of nitrogens with zero attached hydrogens (tertiary/aromatic N) is 2. The van der Waals surface area contributed by atoms with E-state index in [-0.39, 0.29) is 0 Å². The summed E-state index contributed by atoms with van der Waals surface area (Å²) in [6.07, 6.45) is 1.85. The van der Waals surface area contributed by atoms with Crippen molar-refractivity contribution in [1.29, 1.82) is 0 Å². The topological polar surface area (TPSA) is 25.8 Å². The van der Waals surface area contributed by atoms with Gasteiger partial charge in [0.2, 0.25) is 0 Å². The molecule has 0 amide bonds. The molecular weight excluding hydrogens is 484 g/mol. The minimum atomic E-state index is 0.940. The van der Waals surface area contributed by atoms with E-state index in [1.807, 2.05) is 12.3 Å². The zero-order chi connectivity index (χ0) is 26.2. The Balaban J connectivity index is 1.45. The van der Waals surface area contributed by atoms with Gasteiger partial charge in [-0.2, -0.15) is 0 Å². The fourth-order valence-electron chi connectivity index (χ4n) is 6.67. The summed E-state index contributed by atoms with van der Waals surface area (Å²) in [6, 6.07) is 46.0. The maximum absolute atomic E-state index is 5.17. The van der Waals surface area contributed by atoms with Crippen LogP contribution in [0.25, 0.3) is 86.9 Å². The SMILES string of the molecule is c1cnc2c(c1)ccc1ccc(-c3ccc4c5ccccc5c5c6ccccc6c6ccccc6c5c4c3)nc12. The van der Waals surface area contributed by atoms with Gasteiger partial charge in [0.15, 0.2) is 0 Å². The highest BCUT2D eigenvalue weighted by Gasteiger charge is 2.16. The van der Waals surface area contributed by atoms with Gasteiger partial charge < -0.3 is 0 Å². The molecule has 0 fully saturated rings. The van der Waals surface area contributed by atoms with Gasteiger partial charge in [0.25, 0.3) is 0 Å². The fourth-order valence-corrected chi connectivity index (χ4v) is 6.67. The van der Waals surface area contributed by atoms with Crippen LogP contribution >= 0.6 is 0 Å². The first kappa shape index (κ1) is 21.6. The summed E-state index contributed by atoms with van der Waals surface area (Å²) in [5.41, 5.74) is 3.95. The van der Waals surface area contributed by atoms with Crippen molar-refractivity contribution in [3.8, 4) is 11.3 Å². The fraction of sp³-hybridized carbons (Fsp3) is 0. The monoisotopic (exact) mass is 506 g/mol. The molecule has 0 saturated carbocycles. The number of hydrogen-bond donors (Lipinski definition) is 0. The molecule has 0 saturated heterocycles. The summed E-state index contributed by atoms with van der Waals surface area (Å²) in [5.74, 6) is 0. The Morgan fingerprint density at radius 2 is 0.900 bits per heavy atom. The average molecular weight is 507 g/mol. The van der Waals surface area contributed by atoms with Crippen LogP contribution in [0, 0.1) is 0 Å². The van der Waals surface area contributed by atoms with Gasteiger partial charge in [-0.25, -0.2) is 4.98 Å². The minimum absolute atomic E-state index is 0.940. The number of pyridine rings is 2. The van der Waals surface area contributed by atoms with Crippen LogP contribution in [0.5, 0.6) is 0 Å². The third-order valence-electron chi connectivity index (χ3n) is 8.44. The molecule has 2 nitrogen and oxygen atoms in total. The molecule has 0 spiro atoms. The molecule has 0 radical (unpaired) electrons. The quantitative estimate of drug-likeness (QED) is 0.207. The van der Waals surface area contributed by atoms with Crippen LogP contribution in [0.1, 0.15) is 0 Å². The third-order valence-corrected chi connectivity index (χ3v) is 8.44. The number of benzene rings is 7. The van der Waals surface area contributed by atoms with Gasteiger partial charge in [-0.15, -0.1) is 0 Å². The van der Waals surface area contributed by atoms with Crippen molar-refractivity contribution < 1.29 is 0 Å². The molecule has 0 aliphatic carbocycles. The summed E-state index contributed by atoms with van der Waals surface area (Å²) < 4.78 is 0. The maximum atomic E-state index is 5.17. The first-order valence-corrected chi connectivity index (χ1v) is 13.7. The molecule has 0 unspecified atom stereocenters. The van der Waals surface area contributed by atoms with Crippen molar-refractivity contribution in [1.82, 2.24) is 9.97 Å². The minimum Gasteiger partial charge on any atom is -0.254 e. The summed E-state index contributed by atoms with van der Waals surface area (Å²) >= 11 is 0. The third kappa shape index (κ3) is 2.93. The number of fused-ring (bicyclic) bond motifs is 14. The molecule has 7 aromatic carbocycles. The number of hydrogen-bond acceptors (Lipinski definition) is 2. The lowest BCUT2D eigenvalue weighted by atomic mass is 9.86. The van der Waals surface area contributed by atoms with Gasteiger partial charge in [0.1, 0.15) is 0 Å². The van der Waals surface area contributed by atoms with Crippen LogP contribution < -0.4 is 0 Å². The Morgan fingerprint density at radius 1 is 0.375 bits per heavy atom. The summed E-state index contributed by atoms with van der Waals surface area (Å²) in [7, 11) is 0. The van der Waals surface area contributed by atoms with Gasteiger partial charge in [-0.1, -0.05) is 109 Å². The zero-order valence-electron chi connectivity index (χ0n) is 21.6. The Morgan fingerprint density at radius 3 is 1.55 bits per heavy atom. The Bertz CT molecular complexity index is 2470. The Kier molecular flexibility index (Phi) is 4.36. The molecule has 2 heteroatoms. The van der Waals surface area contributed by atoms with Crippen molar-refractivity contribution >= 4 is 75.7 Å². The lowest BCUT2D eigenvalue weighted by Gasteiger charge is -2.17. The van der Waals surface area contributed by atoms with Gasteiger partial charge in [-0.05, 0) is 72.1 Å². The number of aromatic nitrogens is 2. The van der Waals surface area contributed by atoms with Gasteiger partial charge in [0, 0.05) is 22.5 Å². The average Bonchev–Trinajstić information content (AvgIpc) is 3.04. The lowest BCUT2D eigenvalue weighted by molar-refractivity contribution is 1.37. The molecule has 0 atom stereocenters. The van der Waals surface area contributed by atoms with E-state index >= 15 is 0 Å². The van der Waals surface area contributed by atoms with E-state index in [9.17, 15) is 0 Å². The summed E-state index contributed by atoms with van der Waals surface area (Å²) in [6.45, 7) is 0. The molecule has 184 valence electrons. The van der Waals surface area contributed by atoms with Crippen molar-refractivity contribution in [2.45, 2.75) is 0 Å². The van der Waals surface area contributed by atoms with E-state index in [0.717, 1.165) is 33.1 Å². The second-order valence-corrected chi connectivity index (χ2v) is 10.6. The van der Waals surface area contributed by atoms with Crippen molar-refractivity contribution in [2.75, 3.05) is 0 Å².